The van der Waals surface area contributed by atoms with Crippen molar-refractivity contribution in [1.29, 1.82) is 0 Å². The number of anilines is 1. The minimum atomic E-state index is -0.156. The van der Waals surface area contributed by atoms with Gasteiger partial charge in [-0.05, 0) is 38.0 Å². The molecule has 1 aliphatic rings. The van der Waals surface area contributed by atoms with Crippen LogP contribution in [0.3, 0.4) is 0 Å². The average Bonchev–Trinajstić information content (AvgIpc) is 2.73. The summed E-state index contributed by atoms with van der Waals surface area (Å²) in [6.07, 6.45) is 1.76. The van der Waals surface area contributed by atoms with E-state index >= 15 is 0 Å². The van der Waals surface area contributed by atoms with Crippen LogP contribution in [0.15, 0.2) is 47.5 Å². The molecule has 0 aromatic heterocycles. The van der Waals surface area contributed by atoms with Crippen LogP contribution < -0.4 is 20.5 Å². The quantitative estimate of drug-likeness (QED) is 0.347. The first-order chi connectivity index (χ1) is 13.6. The molecular formula is C22H30IN3O3. The molecule has 0 aliphatic carbocycles. The van der Waals surface area contributed by atoms with E-state index in [1.54, 1.807) is 14.2 Å². The molecule has 29 heavy (non-hydrogen) atoms. The molecule has 158 valence electrons. The number of rotatable bonds is 6. The van der Waals surface area contributed by atoms with Gasteiger partial charge >= 0.3 is 0 Å². The molecule has 0 unspecified atom stereocenters. The second-order valence-electron chi connectivity index (χ2n) is 7.15. The summed E-state index contributed by atoms with van der Waals surface area (Å²) in [5.41, 5.74) is 9.25. The fourth-order valence-electron chi connectivity index (χ4n) is 3.64. The lowest BCUT2D eigenvalue weighted by atomic mass is 9.73. The van der Waals surface area contributed by atoms with Crippen LogP contribution >= 0.6 is 24.0 Å². The number of hydrogen-bond donors (Lipinski definition) is 2. The minimum Gasteiger partial charge on any atom is -0.497 e. The number of guanidine groups is 1. The van der Waals surface area contributed by atoms with E-state index in [2.05, 4.69) is 29.4 Å². The Bertz CT molecular complexity index is 836. The van der Waals surface area contributed by atoms with Crippen LogP contribution in [-0.2, 0) is 10.2 Å². The van der Waals surface area contributed by atoms with Gasteiger partial charge in [-0.1, -0.05) is 23.8 Å². The highest BCUT2D eigenvalue weighted by molar-refractivity contribution is 14.0. The zero-order valence-corrected chi connectivity index (χ0v) is 19.6. The van der Waals surface area contributed by atoms with Crippen LogP contribution in [0.4, 0.5) is 5.69 Å². The largest absolute Gasteiger partial charge is 0.497 e. The van der Waals surface area contributed by atoms with Gasteiger partial charge in [-0.2, -0.15) is 0 Å². The normalized spacial score (nSPS) is 15.9. The summed E-state index contributed by atoms with van der Waals surface area (Å²) in [5.74, 6) is 2.04. The van der Waals surface area contributed by atoms with Gasteiger partial charge in [0.2, 0.25) is 0 Å². The molecule has 3 rings (SSSR count). The van der Waals surface area contributed by atoms with E-state index in [0.29, 0.717) is 25.7 Å². The number of benzene rings is 2. The second-order valence-corrected chi connectivity index (χ2v) is 7.15. The fourth-order valence-corrected chi connectivity index (χ4v) is 3.64. The molecule has 7 heteroatoms. The molecule has 0 amide bonds. The van der Waals surface area contributed by atoms with Crippen LogP contribution in [0.1, 0.15) is 24.0 Å². The lowest BCUT2D eigenvalue weighted by Crippen LogP contribution is -2.38. The third kappa shape index (κ3) is 5.76. The number of aliphatic imine (C=N–C) groups is 1. The van der Waals surface area contributed by atoms with E-state index in [1.165, 1.54) is 11.1 Å². The van der Waals surface area contributed by atoms with Crippen molar-refractivity contribution in [3.05, 3.63) is 53.6 Å². The van der Waals surface area contributed by atoms with E-state index in [4.69, 9.17) is 19.9 Å². The summed E-state index contributed by atoms with van der Waals surface area (Å²) in [4.78, 5) is 4.68. The summed E-state index contributed by atoms with van der Waals surface area (Å²) < 4.78 is 16.5. The van der Waals surface area contributed by atoms with Gasteiger partial charge in [0.15, 0.2) is 5.96 Å². The monoisotopic (exact) mass is 511 g/mol. The third-order valence-corrected chi connectivity index (χ3v) is 5.27. The smallest absolute Gasteiger partial charge is 0.193 e. The Labute approximate surface area is 189 Å². The molecule has 0 bridgehead atoms. The molecule has 1 heterocycles. The molecule has 0 radical (unpaired) electrons. The van der Waals surface area contributed by atoms with E-state index in [9.17, 15) is 0 Å². The summed E-state index contributed by atoms with van der Waals surface area (Å²) in [6, 6.07) is 13.9. The second kappa shape index (κ2) is 10.7. The SMILES string of the molecule is COc1cccc(NC(N)=NCC2(c3cc(C)ccc3OC)CCOCC2)c1.I. The Morgan fingerprint density at radius 3 is 2.59 bits per heavy atom. The Kier molecular flexibility index (Phi) is 8.58. The van der Waals surface area contributed by atoms with Gasteiger partial charge < -0.3 is 25.3 Å². The molecule has 0 saturated carbocycles. The van der Waals surface area contributed by atoms with Crippen molar-refractivity contribution in [1.82, 2.24) is 0 Å². The number of methoxy groups -OCH3 is 2. The Balaban J connectivity index is 0.00000300. The molecule has 0 spiro atoms. The molecular weight excluding hydrogens is 481 g/mol. The highest BCUT2D eigenvalue weighted by Gasteiger charge is 2.37. The molecule has 0 atom stereocenters. The number of aryl methyl sites for hydroxylation is 1. The third-order valence-electron chi connectivity index (χ3n) is 5.27. The molecule has 2 aromatic carbocycles. The Hall–Kier alpha value is -2.00. The first kappa shape index (κ1) is 23.3. The minimum absolute atomic E-state index is 0. The van der Waals surface area contributed by atoms with Crippen molar-refractivity contribution in [3.8, 4) is 11.5 Å². The van der Waals surface area contributed by atoms with E-state index < -0.39 is 0 Å². The Morgan fingerprint density at radius 1 is 1.14 bits per heavy atom. The van der Waals surface area contributed by atoms with Gasteiger partial charge in [-0.3, -0.25) is 4.99 Å². The van der Waals surface area contributed by atoms with Crippen LogP contribution in [0.2, 0.25) is 0 Å². The highest BCUT2D eigenvalue weighted by Crippen LogP contribution is 2.40. The molecule has 2 aromatic rings. The predicted molar refractivity (Wildman–Crippen MR) is 128 cm³/mol. The number of nitrogens with one attached hydrogen (secondary N) is 1. The first-order valence-electron chi connectivity index (χ1n) is 9.50. The van der Waals surface area contributed by atoms with Crippen LogP contribution in [0, 0.1) is 6.92 Å². The van der Waals surface area contributed by atoms with Gasteiger partial charge in [0, 0.05) is 35.9 Å². The number of halogens is 1. The summed E-state index contributed by atoms with van der Waals surface area (Å²) in [7, 11) is 3.35. The maximum atomic E-state index is 6.19. The lowest BCUT2D eigenvalue weighted by Gasteiger charge is -2.37. The van der Waals surface area contributed by atoms with E-state index in [1.807, 2.05) is 30.3 Å². The zero-order valence-electron chi connectivity index (χ0n) is 17.2. The van der Waals surface area contributed by atoms with Crippen molar-refractivity contribution < 1.29 is 14.2 Å². The van der Waals surface area contributed by atoms with E-state index in [0.717, 1.165) is 30.0 Å². The molecule has 3 N–H and O–H groups in total. The van der Waals surface area contributed by atoms with Crippen molar-refractivity contribution in [2.45, 2.75) is 25.2 Å². The van der Waals surface area contributed by atoms with Crippen molar-refractivity contribution >= 4 is 35.6 Å². The molecule has 6 nitrogen and oxygen atoms in total. The van der Waals surface area contributed by atoms with Crippen LogP contribution in [0.25, 0.3) is 0 Å². The lowest BCUT2D eigenvalue weighted by molar-refractivity contribution is 0.0523. The molecule has 1 aliphatic heterocycles. The fraction of sp³-hybridized carbons (Fsp3) is 0.409. The van der Waals surface area contributed by atoms with Crippen molar-refractivity contribution in [3.63, 3.8) is 0 Å². The average molecular weight is 511 g/mol. The Morgan fingerprint density at radius 2 is 1.90 bits per heavy atom. The van der Waals surface area contributed by atoms with Gasteiger partial charge in [0.05, 0.1) is 20.8 Å². The van der Waals surface area contributed by atoms with Crippen molar-refractivity contribution in [2.75, 3.05) is 39.3 Å². The predicted octanol–water partition coefficient (Wildman–Crippen LogP) is 4.11. The first-order valence-corrected chi connectivity index (χ1v) is 9.50. The zero-order chi connectivity index (χ0) is 20.0. The topological polar surface area (TPSA) is 78.1 Å². The van der Waals surface area contributed by atoms with Gasteiger partial charge in [0.25, 0.3) is 0 Å². The summed E-state index contributed by atoms with van der Waals surface area (Å²) in [6.45, 7) is 4.07. The summed E-state index contributed by atoms with van der Waals surface area (Å²) in [5, 5.41) is 3.15. The number of nitrogens with zero attached hydrogens (tertiary/aromatic N) is 1. The summed E-state index contributed by atoms with van der Waals surface area (Å²) >= 11 is 0. The number of nitrogens with two attached hydrogens (primary N) is 1. The highest BCUT2D eigenvalue weighted by atomic mass is 127. The standard InChI is InChI=1S/C22H29N3O3.HI/c1-16-7-8-20(27-3)19(13-16)22(9-11-28-12-10-22)15-24-21(23)25-17-5-4-6-18(14-17)26-2;/h4-8,13-14H,9-12,15H2,1-3H3,(H3,23,24,25);1H. The van der Waals surface area contributed by atoms with Crippen LogP contribution in [0.5, 0.6) is 11.5 Å². The van der Waals surface area contributed by atoms with Gasteiger partial charge in [-0.15, -0.1) is 24.0 Å². The van der Waals surface area contributed by atoms with Gasteiger partial charge in [0.1, 0.15) is 11.5 Å². The molecule has 1 saturated heterocycles. The molecule has 1 fully saturated rings. The van der Waals surface area contributed by atoms with Crippen LogP contribution in [-0.4, -0.2) is 39.9 Å². The maximum absolute atomic E-state index is 6.19. The van der Waals surface area contributed by atoms with E-state index in [-0.39, 0.29) is 29.4 Å². The van der Waals surface area contributed by atoms with Gasteiger partial charge in [-0.25, -0.2) is 0 Å². The van der Waals surface area contributed by atoms with Crippen molar-refractivity contribution in [2.24, 2.45) is 10.7 Å². The number of ether oxygens (including phenoxy) is 3. The maximum Gasteiger partial charge on any atom is 0.193 e. The number of hydrogen-bond acceptors (Lipinski definition) is 4.